The molecule has 5 aliphatic rings. The van der Waals surface area contributed by atoms with E-state index >= 15 is 0 Å². The fraction of sp³-hybridized carbons (Fsp3) is 0.161. The highest BCUT2D eigenvalue weighted by atomic mass is 14.6. The first kappa shape index (κ1) is 34.9. The zero-order valence-electron chi connectivity index (χ0n) is 34.8. The van der Waals surface area contributed by atoms with Crippen LogP contribution in [0, 0.1) is 23.7 Å². The second-order valence-corrected chi connectivity index (χ2v) is 19.2. The maximum atomic E-state index is 2.57. The van der Waals surface area contributed by atoms with Crippen LogP contribution in [0.4, 0.5) is 0 Å². The number of benzene rings is 10. The van der Waals surface area contributed by atoms with Crippen LogP contribution in [0.2, 0.25) is 0 Å². The van der Waals surface area contributed by atoms with Gasteiger partial charge in [0.2, 0.25) is 0 Å². The Bertz CT molecular complexity index is 3370. The van der Waals surface area contributed by atoms with Crippen molar-refractivity contribution in [2.24, 2.45) is 23.7 Å². The summed E-state index contributed by atoms with van der Waals surface area (Å²) in [7, 11) is 0. The largest absolute Gasteiger partial charge is 0.0616 e. The quantitative estimate of drug-likeness (QED) is 0.156. The van der Waals surface area contributed by atoms with Gasteiger partial charge in [-0.15, -0.1) is 0 Å². The normalized spacial score (nSPS) is 21.9. The van der Waals surface area contributed by atoms with Crippen LogP contribution in [-0.2, 0) is 5.41 Å². The van der Waals surface area contributed by atoms with Crippen molar-refractivity contribution in [2.75, 3.05) is 0 Å². The molecular weight excluding hydrogens is 745 g/mol. The second-order valence-electron chi connectivity index (χ2n) is 19.2. The van der Waals surface area contributed by atoms with E-state index in [9.17, 15) is 0 Å². The van der Waals surface area contributed by atoms with E-state index in [0.717, 1.165) is 23.7 Å². The molecule has 4 fully saturated rings. The summed E-state index contributed by atoms with van der Waals surface area (Å²) >= 11 is 0. The van der Waals surface area contributed by atoms with E-state index in [1.54, 1.807) is 11.1 Å². The molecule has 1 spiro atoms. The lowest BCUT2D eigenvalue weighted by atomic mass is 9.43. The molecule has 62 heavy (non-hydrogen) atoms. The predicted molar refractivity (Wildman–Crippen MR) is 261 cm³/mol. The maximum Gasteiger partial charge on any atom is 0.0278 e. The molecule has 4 bridgehead atoms. The lowest BCUT2D eigenvalue weighted by Crippen LogP contribution is -2.55. The average molecular weight is 791 g/mol. The Morgan fingerprint density at radius 2 is 0.774 bits per heavy atom. The lowest BCUT2D eigenvalue weighted by Gasteiger charge is -2.61. The van der Waals surface area contributed by atoms with E-state index in [2.05, 4.69) is 194 Å². The Morgan fingerprint density at radius 1 is 0.306 bits per heavy atom. The molecule has 0 unspecified atom stereocenters. The Kier molecular flexibility index (Phi) is 7.39. The van der Waals surface area contributed by atoms with Crippen LogP contribution in [-0.4, -0.2) is 0 Å². The van der Waals surface area contributed by atoms with Gasteiger partial charge in [-0.05, 0) is 172 Å². The molecule has 5 aliphatic carbocycles. The van der Waals surface area contributed by atoms with Crippen molar-refractivity contribution in [3.8, 4) is 55.6 Å². The van der Waals surface area contributed by atoms with E-state index in [4.69, 9.17) is 0 Å². The fourth-order valence-corrected chi connectivity index (χ4v) is 14.0. The highest BCUT2D eigenvalue weighted by Gasteiger charge is 2.62. The molecule has 294 valence electrons. The van der Waals surface area contributed by atoms with Crippen LogP contribution in [0.3, 0.4) is 0 Å². The van der Waals surface area contributed by atoms with Crippen LogP contribution < -0.4 is 0 Å². The Balaban J connectivity index is 0.834. The summed E-state index contributed by atoms with van der Waals surface area (Å²) in [5.74, 6) is 3.39. The number of hydrogen-bond acceptors (Lipinski definition) is 0. The van der Waals surface area contributed by atoms with E-state index < -0.39 is 0 Å². The molecule has 0 heterocycles. The van der Waals surface area contributed by atoms with Crippen LogP contribution >= 0.6 is 0 Å². The molecule has 15 rings (SSSR count). The first-order valence-electron chi connectivity index (χ1n) is 23.0. The van der Waals surface area contributed by atoms with E-state index in [1.165, 1.54) is 131 Å². The van der Waals surface area contributed by atoms with Crippen molar-refractivity contribution in [1.82, 2.24) is 0 Å². The molecule has 0 saturated heterocycles. The Labute approximate surface area is 363 Å². The summed E-state index contributed by atoms with van der Waals surface area (Å²) < 4.78 is 0. The molecule has 0 N–H and O–H groups in total. The molecular formula is C62H46. The molecule has 0 nitrogen and oxygen atoms in total. The Morgan fingerprint density at radius 3 is 1.39 bits per heavy atom. The molecule has 10 aromatic rings. The van der Waals surface area contributed by atoms with Gasteiger partial charge in [0.1, 0.15) is 0 Å². The van der Waals surface area contributed by atoms with Crippen LogP contribution in [0.15, 0.2) is 194 Å². The maximum absolute atomic E-state index is 2.57. The molecule has 0 amide bonds. The number of fused-ring (bicyclic) bond motifs is 8. The zero-order valence-corrected chi connectivity index (χ0v) is 34.8. The minimum absolute atomic E-state index is 0.158. The summed E-state index contributed by atoms with van der Waals surface area (Å²) in [6.07, 6.45) is 7.11. The lowest BCUT2D eigenvalue weighted by molar-refractivity contribution is -0.0393. The van der Waals surface area contributed by atoms with E-state index in [-0.39, 0.29) is 5.41 Å². The molecule has 0 atom stereocenters. The van der Waals surface area contributed by atoms with Gasteiger partial charge >= 0.3 is 0 Å². The van der Waals surface area contributed by atoms with Crippen LogP contribution in [0.5, 0.6) is 0 Å². The van der Waals surface area contributed by atoms with Crippen LogP contribution in [0.1, 0.15) is 43.2 Å². The second kappa shape index (κ2) is 13.1. The molecule has 0 radical (unpaired) electrons. The predicted octanol–water partition coefficient (Wildman–Crippen LogP) is 16.7. The molecule has 4 saturated carbocycles. The molecule has 0 heteroatoms. The molecule has 0 aliphatic heterocycles. The van der Waals surface area contributed by atoms with E-state index in [0.29, 0.717) is 0 Å². The average Bonchev–Trinajstić information content (AvgIpc) is 3.63. The molecule has 10 aromatic carbocycles. The first-order valence-corrected chi connectivity index (χ1v) is 23.0. The SMILES string of the molecule is c1ccc2c(-c3c4ccccc4c(-c4ccc(-c5ccc(-c6ccc7c(c6)-c6ccc8ccccc8c6C76C7CC8CC(C7)CC6C8)cc5)cc4)c4ccccc34)cccc2c1. The third-order valence-electron chi connectivity index (χ3n) is 16.2. The van der Waals surface area contributed by atoms with Crippen molar-refractivity contribution in [3.63, 3.8) is 0 Å². The van der Waals surface area contributed by atoms with Gasteiger partial charge in [0.15, 0.2) is 0 Å². The minimum atomic E-state index is 0.158. The monoisotopic (exact) mass is 790 g/mol. The topological polar surface area (TPSA) is 0 Å². The van der Waals surface area contributed by atoms with Gasteiger partial charge in [-0.1, -0.05) is 188 Å². The highest BCUT2D eigenvalue weighted by molar-refractivity contribution is 6.23. The van der Waals surface area contributed by atoms with Gasteiger partial charge in [0.25, 0.3) is 0 Å². The fourth-order valence-electron chi connectivity index (χ4n) is 14.0. The first-order chi connectivity index (χ1) is 30.7. The summed E-state index contributed by atoms with van der Waals surface area (Å²) in [5, 5.41) is 10.6. The summed E-state index contributed by atoms with van der Waals surface area (Å²) in [6, 6.07) is 73.7. The summed E-state index contributed by atoms with van der Waals surface area (Å²) in [4.78, 5) is 0. The van der Waals surface area contributed by atoms with Gasteiger partial charge in [0, 0.05) is 5.41 Å². The van der Waals surface area contributed by atoms with Gasteiger partial charge in [0.05, 0.1) is 0 Å². The van der Waals surface area contributed by atoms with Gasteiger partial charge in [-0.25, -0.2) is 0 Å². The van der Waals surface area contributed by atoms with Gasteiger partial charge in [-0.2, -0.15) is 0 Å². The zero-order chi connectivity index (χ0) is 40.5. The van der Waals surface area contributed by atoms with E-state index in [1.807, 2.05) is 0 Å². The van der Waals surface area contributed by atoms with Crippen molar-refractivity contribution in [3.05, 3.63) is 205 Å². The third kappa shape index (κ3) is 4.84. The Hall–Kier alpha value is -6.76. The van der Waals surface area contributed by atoms with Crippen molar-refractivity contribution in [2.45, 2.75) is 37.5 Å². The number of rotatable bonds is 4. The number of hydrogen-bond donors (Lipinski definition) is 0. The van der Waals surface area contributed by atoms with Crippen molar-refractivity contribution in [1.29, 1.82) is 0 Å². The van der Waals surface area contributed by atoms with Gasteiger partial charge in [-0.3, -0.25) is 0 Å². The smallest absolute Gasteiger partial charge is 0.0278 e. The summed E-state index contributed by atoms with van der Waals surface area (Å²) in [6.45, 7) is 0. The third-order valence-corrected chi connectivity index (χ3v) is 16.2. The molecule has 0 aromatic heterocycles. The van der Waals surface area contributed by atoms with Crippen molar-refractivity contribution >= 4 is 43.1 Å². The van der Waals surface area contributed by atoms with Crippen molar-refractivity contribution < 1.29 is 0 Å². The standard InChI is InChI=1S/C62H46/c1-3-13-49-43(10-1)12-9-19-51(49)60-54-17-7-5-15-52(54)59(53-16-6-8-18-55(53)60)45-26-24-41(25-27-45)40-20-22-42(23-21-40)46-29-31-58-57(37-46)56-30-28-44-11-2-4-14-50(44)61(56)62(58)47-33-38-32-39(35-47)36-48(62)34-38/h1-31,37-39,47-48H,32-36H2. The summed E-state index contributed by atoms with van der Waals surface area (Å²) in [5.41, 5.74) is 16.6. The minimum Gasteiger partial charge on any atom is -0.0616 e. The highest BCUT2D eigenvalue weighted by Crippen LogP contribution is 2.70. The van der Waals surface area contributed by atoms with Gasteiger partial charge < -0.3 is 0 Å². The van der Waals surface area contributed by atoms with Crippen LogP contribution in [0.25, 0.3) is 98.7 Å².